The molecule has 164 valence electrons. The lowest BCUT2D eigenvalue weighted by Crippen LogP contribution is -2.31. The van der Waals surface area contributed by atoms with Gasteiger partial charge < -0.3 is 14.8 Å². The fourth-order valence-electron chi connectivity index (χ4n) is 3.23. The first-order valence-electron chi connectivity index (χ1n) is 10.1. The van der Waals surface area contributed by atoms with E-state index in [0.29, 0.717) is 35.8 Å². The van der Waals surface area contributed by atoms with Gasteiger partial charge in [0.2, 0.25) is 0 Å². The summed E-state index contributed by atoms with van der Waals surface area (Å²) in [5.74, 6) is 1.09. The van der Waals surface area contributed by atoms with Crippen molar-refractivity contribution in [1.29, 1.82) is 0 Å². The standard InChI is InChI=1S/C23H31NO5S/c1-6-28-20-12-11-18(14-21(20)29-7-2)22(16(3)4)24-23(25)19-10-8-9-17(13-19)15-30(5,26)27/h8-14,16,22H,6-7,15H2,1-5H3,(H,24,25). The Morgan fingerprint density at radius 3 is 2.27 bits per heavy atom. The molecule has 0 heterocycles. The molecule has 0 aliphatic heterocycles. The smallest absolute Gasteiger partial charge is 0.251 e. The maximum absolute atomic E-state index is 12.9. The van der Waals surface area contributed by atoms with Crippen molar-refractivity contribution in [2.24, 2.45) is 5.92 Å². The molecule has 30 heavy (non-hydrogen) atoms. The average molecular weight is 434 g/mol. The van der Waals surface area contributed by atoms with Crippen LogP contribution >= 0.6 is 0 Å². The van der Waals surface area contributed by atoms with Crippen LogP contribution in [-0.4, -0.2) is 33.8 Å². The van der Waals surface area contributed by atoms with Crippen LogP contribution in [-0.2, 0) is 15.6 Å². The summed E-state index contributed by atoms with van der Waals surface area (Å²) >= 11 is 0. The van der Waals surface area contributed by atoms with Gasteiger partial charge in [-0.1, -0.05) is 32.0 Å². The first-order valence-corrected chi connectivity index (χ1v) is 12.2. The molecule has 7 heteroatoms. The Labute approximate surface area is 179 Å². The molecule has 6 nitrogen and oxygen atoms in total. The van der Waals surface area contributed by atoms with E-state index >= 15 is 0 Å². The van der Waals surface area contributed by atoms with Crippen LogP contribution in [0.2, 0.25) is 0 Å². The maximum Gasteiger partial charge on any atom is 0.251 e. The van der Waals surface area contributed by atoms with Crippen molar-refractivity contribution in [3.63, 3.8) is 0 Å². The van der Waals surface area contributed by atoms with Crippen molar-refractivity contribution in [2.75, 3.05) is 19.5 Å². The van der Waals surface area contributed by atoms with E-state index in [0.717, 1.165) is 5.56 Å². The Morgan fingerprint density at radius 1 is 1.00 bits per heavy atom. The third kappa shape index (κ3) is 6.76. The second-order valence-electron chi connectivity index (χ2n) is 7.54. The topological polar surface area (TPSA) is 81.7 Å². The van der Waals surface area contributed by atoms with Crippen molar-refractivity contribution in [3.8, 4) is 11.5 Å². The summed E-state index contributed by atoms with van der Waals surface area (Å²) < 4.78 is 34.5. The van der Waals surface area contributed by atoms with Gasteiger partial charge in [0, 0.05) is 11.8 Å². The van der Waals surface area contributed by atoms with Crippen molar-refractivity contribution in [2.45, 2.75) is 39.5 Å². The Bertz CT molecular complexity index is 969. The highest BCUT2D eigenvalue weighted by Gasteiger charge is 2.21. The van der Waals surface area contributed by atoms with Crippen molar-refractivity contribution < 1.29 is 22.7 Å². The number of amides is 1. The van der Waals surface area contributed by atoms with Gasteiger partial charge in [-0.3, -0.25) is 4.79 Å². The molecule has 1 amide bonds. The fourth-order valence-corrected chi connectivity index (χ4v) is 4.01. The Morgan fingerprint density at radius 2 is 1.67 bits per heavy atom. The molecule has 0 fully saturated rings. The zero-order valence-corrected chi connectivity index (χ0v) is 19.1. The number of ether oxygens (including phenoxy) is 2. The van der Waals surface area contributed by atoms with Crippen molar-refractivity contribution in [1.82, 2.24) is 5.32 Å². The molecule has 2 rings (SSSR count). The van der Waals surface area contributed by atoms with Gasteiger partial charge in [0.1, 0.15) is 0 Å². The zero-order chi connectivity index (χ0) is 22.3. The molecule has 1 atom stereocenters. The SMILES string of the molecule is CCOc1ccc(C(NC(=O)c2cccc(CS(C)(=O)=O)c2)C(C)C)cc1OCC. The largest absolute Gasteiger partial charge is 0.490 e. The second kappa shape index (κ2) is 10.5. The average Bonchev–Trinajstić information content (AvgIpc) is 2.66. The summed E-state index contributed by atoms with van der Waals surface area (Å²) in [6.07, 6.45) is 1.18. The van der Waals surface area contributed by atoms with E-state index in [1.807, 2.05) is 45.9 Å². The third-order valence-corrected chi connectivity index (χ3v) is 5.36. The quantitative estimate of drug-likeness (QED) is 0.609. The first-order chi connectivity index (χ1) is 14.1. The molecule has 0 radical (unpaired) electrons. The van der Waals surface area contributed by atoms with Gasteiger partial charge in [-0.05, 0) is 55.2 Å². The van der Waals surface area contributed by atoms with Crippen LogP contribution in [0.5, 0.6) is 11.5 Å². The predicted molar refractivity (Wildman–Crippen MR) is 119 cm³/mol. The summed E-state index contributed by atoms with van der Waals surface area (Å²) in [5, 5.41) is 3.08. The van der Waals surface area contributed by atoms with Gasteiger partial charge in [0.25, 0.3) is 5.91 Å². The molecule has 0 aliphatic carbocycles. The zero-order valence-electron chi connectivity index (χ0n) is 18.3. The summed E-state index contributed by atoms with van der Waals surface area (Å²) in [5.41, 5.74) is 1.93. The molecule has 0 saturated heterocycles. The normalized spacial score (nSPS) is 12.5. The number of nitrogens with one attached hydrogen (secondary N) is 1. The lowest BCUT2D eigenvalue weighted by molar-refractivity contribution is 0.0925. The number of carbonyl (C=O) groups excluding carboxylic acids is 1. The first kappa shape index (κ1) is 23.7. The van der Waals surface area contributed by atoms with Gasteiger partial charge in [0.15, 0.2) is 21.3 Å². The summed E-state index contributed by atoms with van der Waals surface area (Å²) in [4.78, 5) is 12.9. The molecule has 1 N–H and O–H groups in total. The molecule has 0 bridgehead atoms. The Hall–Kier alpha value is -2.54. The highest BCUT2D eigenvalue weighted by molar-refractivity contribution is 7.89. The van der Waals surface area contributed by atoms with Crippen LogP contribution < -0.4 is 14.8 Å². The number of hydrogen-bond donors (Lipinski definition) is 1. The van der Waals surface area contributed by atoms with Crippen LogP contribution in [0.3, 0.4) is 0 Å². The number of rotatable bonds is 10. The number of hydrogen-bond acceptors (Lipinski definition) is 5. The van der Waals surface area contributed by atoms with E-state index < -0.39 is 9.84 Å². The molecule has 0 spiro atoms. The third-order valence-electron chi connectivity index (χ3n) is 4.50. The molecule has 1 unspecified atom stereocenters. The molecular weight excluding hydrogens is 402 g/mol. The van der Waals surface area contributed by atoms with Crippen LogP contribution in [0, 0.1) is 5.92 Å². The van der Waals surface area contributed by atoms with Crippen molar-refractivity contribution >= 4 is 15.7 Å². The number of carbonyl (C=O) groups is 1. The van der Waals surface area contributed by atoms with Crippen LogP contribution in [0.15, 0.2) is 42.5 Å². The molecule has 0 aromatic heterocycles. The predicted octanol–water partition coefficient (Wildman–Crippen LogP) is 4.16. The van der Waals surface area contributed by atoms with E-state index in [1.165, 1.54) is 6.26 Å². The molecule has 0 aliphatic rings. The van der Waals surface area contributed by atoms with Gasteiger partial charge in [0.05, 0.1) is 25.0 Å². The number of sulfone groups is 1. The summed E-state index contributed by atoms with van der Waals surface area (Å²) in [6.45, 7) is 8.93. The summed E-state index contributed by atoms with van der Waals surface area (Å²) in [7, 11) is -3.18. The van der Waals surface area contributed by atoms with E-state index in [9.17, 15) is 13.2 Å². The summed E-state index contributed by atoms with van der Waals surface area (Å²) in [6, 6.07) is 12.2. The lowest BCUT2D eigenvalue weighted by Gasteiger charge is -2.24. The lowest BCUT2D eigenvalue weighted by atomic mass is 9.95. The maximum atomic E-state index is 12.9. The van der Waals surface area contributed by atoms with E-state index in [-0.39, 0.29) is 23.6 Å². The van der Waals surface area contributed by atoms with Gasteiger partial charge in [-0.25, -0.2) is 8.42 Å². The monoisotopic (exact) mass is 433 g/mol. The highest BCUT2D eigenvalue weighted by Crippen LogP contribution is 2.33. The minimum Gasteiger partial charge on any atom is -0.490 e. The minimum atomic E-state index is -3.18. The van der Waals surface area contributed by atoms with Gasteiger partial charge in [-0.2, -0.15) is 0 Å². The molecule has 2 aromatic carbocycles. The van der Waals surface area contributed by atoms with Gasteiger partial charge in [-0.15, -0.1) is 0 Å². The second-order valence-corrected chi connectivity index (χ2v) is 9.68. The van der Waals surface area contributed by atoms with Crippen molar-refractivity contribution in [3.05, 3.63) is 59.2 Å². The van der Waals surface area contributed by atoms with Crippen LogP contribution in [0.4, 0.5) is 0 Å². The number of benzene rings is 2. The molecule has 2 aromatic rings. The minimum absolute atomic E-state index is 0.0989. The van der Waals surface area contributed by atoms with E-state index in [4.69, 9.17) is 9.47 Å². The Kier molecular flexibility index (Phi) is 8.29. The fraction of sp³-hybridized carbons (Fsp3) is 0.435. The van der Waals surface area contributed by atoms with Crippen LogP contribution in [0.1, 0.15) is 55.2 Å². The Balaban J connectivity index is 2.28. The molecule has 0 saturated carbocycles. The van der Waals surface area contributed by atoms with E-state index in [1.54, 1.807) is 24.3 Å². The highest BCUT2D eigenvalue weighted by atomic mass is 32.2. The van der Waals surface area contributed by atoms with E-state index in [2.05, 4.69) is 5.32 Å². The molecular formula is C23H31NO5S. The van der Waals surface area contributed by atoms with Crippen LogP contribution in [0.25, 0.3) is 0 Å². The van der Waals surface area contributed by atoms with Gasteiger partial charge >= 0.3 is 0 Å².